The summed E-state index contributed by atoms with van der Waals surface area (Å²) in [4.78, 5) is 11.8. The quantitative estimate of drug-likeness (QED) is 0.713. The Bertz CT molecular complexity index is 238. The number of carbonyl (C=O) groups excluding carboxylic acids is 1. The van der Waals surface area contributed by atoms with Crippen molar-refractivity contribution in [1.29, 1.82) is 0 Å². The first-order valence-electron chi connectivity index (χ1n) is 5.83. The van der Waals surface area contributed by atoms with Crippen LogP contribution < -0.4 is 5.73 Å². The molecular weight excluding hydrogens is 190 g/mol. The van der Waals surface area contributed by atoms with Crippen LogP contribution in [-0.2, 0) is 9.53 Å². The highest BCUT2D eigenvalue weighted by Crippen LogP contribution is 2.44. The second-order valence-corrected chi connectivity index (χ2v) is 5.16. The fourth-order valence-corrected chi connectivity index (χ4v) is 2.51. The minimum atomic E-state index is -0.0544. The Hall–Kier alpha value is -0.570. The highest BCUT2D eigenvalue weighted by atomic mass is 16.5. The van der Waals surface area contributed by atoms with E-state index in [1.54, 1.807) is 0 Å². The van der Waals surface area contributed by atoms with Crippen LogP contribution in [0.2, 0.25) is 0 Å². The molecule has 0 aromatic carbocycles. The zero-order valence-corrected chi connectivity index (χ0v) is 10.2. The van der Waals surface area contributed by atoms with E-state index >= 15 is 0 Å². The molecule has 15 heavy (non-hydrogen) atoms. The average molecular weight is 213 g/mol. The van der Waals surface area contributed by atoms with E-state index in [-0.39, 0.29) is 23.3 Å². The van der Waals surface area contributed by atoms with Crippen LogP contribution >= 0.6 is 0 Å². The smallest absolute Gasteiger partial charge is 0.309 e. The summed E-state index contributed by atoms with van der Waals surface area (Å²) in [6.07, 6.45) is 1.78. The summed E-state index contributed by atoms with van der Waals surface area (Å²) in [7, 11) is 0. The molecule has 1 saturated carbocycles. The molecule has 1 rings (SSSR count). The number of hydrogen-bond donors (Lipinski definition) is 1. The van der Waals surface area contributed by atoms with Gasteiger partial charge in [-0.15, -0.1) is 0 Å². The molecule has 0 heterocycles. The van der Waals surface area contributed by atoms with Crippen LogP contribution in [0.3, 0.4) is 0 Å². The Morgan fingerprint density at radius 1 is 1.47 bits per heavy atom. The molecule has 0 saturated heterocycles. The first-order chi connectivity index (χ1) is 6.91. The van der Waals surface area contributed by atoms with Gasteiger partial charge >= 0.3 is 5.97 Å². The normalized spacial score (nSPS) is 34.9. The minimum absolute atomic E-state index is 0.00671. The van der Waals surface area contributed by atoms with Crippen molar-refractivity contribution in [2.45, 2.75) is 46.6 Å². The van der Waals surface area contributed by atoms with Gasteiger partial charge in [-0.2, -0.15) is 0 Å². The molecule has 3 nitrogen and oxygen atoms in total. The molecule has 3 atom stereocenters. The van der Waals surface area contributed by atoms with E-state index in [1.807, 2.05) is 6.92 Å². The molecule has 0 spiro atoms. The Kier molecular flexibility index (Phi) is 3.77. The van der Waals surface area contributed by atoms with Crippen LogP contribution in [0.5, 0.6) is 0 Å². The molecule has 2 N–H and O–H groups in total. The summed E-state index contributed by atoms with van der Waals surface area (Å²) in [6.45, 7) is 8.70. The molecule has 0 radical (unpaired) electrons. The number of nitrogens with two attached hydrogens (primary N) is 1. The highest BCUT2D eigenvalue weighted by molar-refractivity contribution is 5.73. The fourth-order valence-electron chi connectivity index (χ4n) is 2.51. The third-order valence-corrected chi connectivity index (χ3v) is 4.07. The number of rotatable bonds is 2. The highest BCUT2D eigenvalue weighted by Gasteiger charge is 2.45. The van der Waals surface area contributed by atoms with Gasteiger partial charge < -0.3 is 10.5 Å². The van der Waals surface area contributed by atoms with Crippen molar-refractivity contribution in [3.63, 3.8) is 0 Å². The van der Waals surface area contributed by atoms with Crippen molar-refractivity contribution in [1.82, 2.24) is 0 Å². The van der Waals surface area contributed by atoms with Crippen molar-refractivity contribution in [3.05, 3.63) is 0 Å². The van der Waals surface area contributed by atoms with E-state index in [9.17, 15) is 4.79 Å². The Morgan fingerprint density at radius 2 is 2.07 bits per heavy atom. The molecule has 1 aliphatic rings. The molecule has 3 unspecified atom stereocenters. The van der Waals surface area contributed by atoms with Crippen LogP contribution in [0.25, 0.3) is 0 Å². The Balaban J connectivity index is 2.77. The first kappa shape index (κ1) is 12.5. The summed E-state index contributed by atoms with van der Waals surface area (Å²) in [5.74, 6) is 0.314. The van der Waals surface area contributed by atoms with Gasteiger partial charge in [-0.1, -0.05) is 20.8 Å². The summed E-state index contributed by atoms with van der Waals surface area (Å²) >= 11 is 0. The topological polar surface area (TPSA) is 52.3 Å². The van der Waals surface area contributed by atoms with Crippen LogP contribution in [0.15, 0.2) is 0 Å². The SMILES string of the molecule is CCOC(=O)C1CCC(N)C(C)C1(C)C. The van der Waals surface area contributed by atoms with Gasteiger partial charge in [-0.05, 0) is 31.1 Å². The van der Waals surface area contributed by atoms with E-state index in [4.69, 9.17) is 10.5 Å². The summed E-state index contributed by atoms with van der Waals surface area (Å²) in [6, 6.07) is 0.214. The summed E-state index contributed by atoms with van der Waals surface area (Å²) < 4.78 is 5.12. The van der Waals surface area contributed by atoms with Gasteiger partial charge in [0.2, 0.25) is 0 Å². The minimum Gasteiger partial charge on any atom is -0.466 e. The van der Waals surface area contributed by atoms with Crippen LogP contribution in [-0.4, -0.2) is 18.6 Å². The lowest BCUT2D eigenvalue weighted by Crippen LogP contribution is -2.49. The first-order valence-corrected chi connectivity index (χ1v) is 5.83. The standard InChI is InChI=1S/C12H23NO2/c1-5-15-11(14)9-6-7-10(13)8(2)12(9,3)4/h8-10H,5-7,13H2,1-4H3. The van der Waals surface area contributed by atoms with E-state index in [2.05, 4.69) is 20.8 Å². The maximum atomic E-state index is 11.8. The van der Waals surface area contributed by atoms with Crippen molar-refractivity contribution in [2.24, 2.45) is 23.0 Å². The zero-order chi connectivity index (χ0) is 11.6. The van der Waals surface area contributed by atoms with E-state index < -0.39 is 0 Å². The van der Waals surface area contributed by atoms with Crippen LogP contribution in [0, 0.1) is 17.3 Å². The van der Waals surface area contributed by atoms with Gasteiger partial charge in [-0.25, -0.2) is 0 Å². The lowest BCUT2D eigenvalue weighted by Gasteiger charge is -2.45. The summed E-state index contributed by atoms with van der Waals surface area (Å²) in [5, 5.41) is 0. The Morgan fingerprint density at radius 3 is 2.60 bits per heavy atom. The Labute approximate surface area is 92.4 Å². The molecule has 0 aromatic rings. The molecule has 0 aromatic heterocycles. The maximum Gasteiger partial charge on any atom is 0.309 e. The van der Waals surface area contributed by atoms with Gasteiger partial charge in [0, 0.05) is 6.04 Å². The van der Waals surface area contributed by atoms with Gasteiger partial charge in [0.25, 0.3) is 0 Å². The number of hydrogen-bond acceptors (Lipinski definition) is 3. The lowest BCUT2D eigenvalue weighted by atomic mass is 9.61. The van der Waals surface area contributed by atoms with Crippen molar-refractivity contribution < 1.29 is 9.53 Å². The van der Waals surface area contributed by atoms with Gasteiger partial charge in [0.05, 0.1) is 12.5 Å². The van der Waals surface area contributed by atoms with Crippen molar-refractivity contribution >= 4 is 5.97 Å². The molecule has 0 aliphatic heterocycles. The summed E-state index contributed by atoms with van der Waals surface area (Å²) in [5.41, 5.74) is 5.99. The monoisotopic (exact) mass is 213 g/mol. The molecule has 3 heteroatoms. The van der Waals surface area contributed by atoms with E-state index in [0.29, 0.717) is 12.5 Å². The molecule has 0 amide bonds. The average Bonchev–Trinajstić information content (AvgIpc) is 2.14. The molecule has 1 fully saturated rings. The fraction of sp³-hybridized carbons (Fsp3) is 0.917. The van der Waals surface area contributed by atoms with Crippen LogP contribution in [0.1, 0.15) is 40.5 Å². The number of carbonyl (C=O) groups is 1. The predicted octanol–water partition coefficient (Wildman–Crippen LogP) is 1.95. The molecule has 88 valence electrons. The van der Waals surface area contributed by atoms with Gasteiger partial charge in [-0.3, -0.25) is 4.79 Å². The molecule has 0 bridgehead atoms. The molecular formula is C12H23NO2. The van der Waals surface area contributed by atoms with Crippen molar-refractivity contribution in [2.75, 3.05) is 6.61 Å². The zero-order valence-electron chi connectivity index (χ0n) is 10.2. The third kappa shape index (κ3) is 2.33. The van der Waals surface area contributed by atoms with Crippen LogP contribution in [0.4, 0.5) is 0 Å². The second-order valence-electron chi connectivity index (χ2n) is 5.16. The van der Waals surface area contributed by atoms with Gasteiger partial charge in [0.1, 0.15) is 0 Å². The number of ether oxygens (including phenoxy) is 1. The van der Waals surface area contributed by atoms with E-state index in [0.717, 1.165) is 12.8 Å². The maximum absolute atomic E-state index is 11.8. The lowest BCUT2D eigenvalue weighted by molar-refractivity contribution is -0.156. The van der Waals surface area contributed by atoms with Gasteiger partial charge in [0.15, 0.2) is 0 Å². The van der Waals surface area contributed by atoms with E-state index in [1.165, 1.54) is 0 Å². The molecule has 1 aliphatic carbocycles. The predicted molar refractivity (Wildman–Crippen MR) is 60.3 cm³/mol. The number of esters is 1. The van der Waals surface area contributed by atoms with Crippen molar-refractivity contribution in [3.8, 4) is 0 Å². The second kappa shape index (κ2) is 4.52. The third-order valence-electron chi connectivity index (χ3n) is 4.07. The largest absolute Gasteiger partial charge is 0.466 e.